The normalized spacial score (nSPS) is 10.9. The lowest BCUT2D eigenvalue weighted by molar-refractivity contribution is 0.0698. The summed E-state index contributed by atoms with van der Waals surface area (Å²) in [5.41, 5.74) is 3.26. The summed E-state index contributed by atoms with van der Waals surface area (Å²) in [5.74, 6) is 0.0689. The van der Waals surface area contributed by atoms with E-state index in [1.807, 2.05) is 13.0 Å². The Bertz CT molecular complexity index is 1240. The van der Waals surface area contributed by atoms with Crippen molar-refractivity contribution in [2.24, 2.45) is 0 Å². The third-order valence-electron chi connectivity index (χ3n) is 5.12. The number of benzene rings is 2. The van der Waals surface area contributed by atoms with E-state index in [2.05, 4.69) is 58.6 Å². The highest BCUT2D eigenvalue weighted by Crippen LogP contribution is 2.36. The van der Waals surface area contributed by atoms with E-state index in [9.17, 15) is 9.90 Å². The van der Waals surface area contributed by atoms with Crippen LogP contribution in [0.4, 0.5) is 5.82 Å². The van der Waals surface area contributed by atoms with Gasteiger partial charge in [0, 0.05) is 18.7 Å². The van der Waals surface area contributed by atoms with Gasteiger partial charge in [-0.15, -0.1) is 11.3 Å². The Morgan fingerprint density at radius 2 is 2.00 bits per heavy atom. The molecule has 2 N–H and O–H groups in total. The number of fused-ring (bicyclic) bond motifs is 1. The van der Waals surface area contributed by atoms with Gasteiger partial charge in [0.2, 0.25) is 0 Å². The first-order valence-corrected chi connectivity index (χ1v) is 10.9. The Labute approximate surface area is 184 Å². The van der Waals surface area contributed by atoms with Crippen molar-refractivity contribution in [3.05, 3.63) is 70.9 Å². The monoisotopic (exact) mass is 433 g/mol. The highest BCUT2D eigenvalue weighted by molar-refractivity contribution is 7.17. The molecule has 0 aliphatic heterocycles. The molecule has 0 saturated heterocycles. The maximum atomic E-state index is 11.5. The van der Waals surface area contributed by atoms with Crippen molar-refractivity contribution in [3.63, 3.8) is 0 Å². The molecular weight excluding hydrogens is 410 g/mol. The van der Waals surface area contributed by atoms with Crippen LogP contribution in [0.1, 0.15) is 27.7 Å². The van der Waals surface area contributed by atoms with E-state index < -0.39 is 5.97 Å². The maximum absolute atomic E-state index is 11.5. The number of hydrogen-bond acceptors (Lipinski definition) is 6. The maximum Gasteiger partial charge on any atom is 0.349 e. The van der Waals surface area contributed by atoms with E-state index in [4.69, 9.17) is 4.74 Å². The fourth-order valence-corrected chi connectivity index (χ4v) is 4.48. The van der Waals surface area contributed by atoms with Crippen LogP contribution in [0.3, 0.4) is 0 Å². The molecule has 0 aliphatic carbocycles. The molecule has 6 nitrogen and oxygen atoms in total. The lowest BCUT2D eigenvalue weighted by Crippen LogP contribution is -2.07. The molecule has 0 saturated carbocycles. The smallest absolute Gasteiger partial charge is 0.349 e. The predicted octanol–water partition coefficient (Wildman–Crippen LogP) is 5.42. The van der Waals surface area contributed by atoms with Crippen LogP contribution >= 0.6 is 11.3 Å². The Morgan fingerprint density at radius 3 is 2.81 bits per heavy atom. The number of anilines is 1. The standard InChI is InChI=1S/C24H23N3O3S/c1-3-30-20-13-21(31-23(20)24(28)29)19-12-22(27-14-26-19)25-11-10-16-8-9-17-6-4-5-7-18(17)15(16)2/h4-9,12-14H,3,10-11H2,1-2H3,(H,28,29)(H,25,26,27). The van der Waals surface area contributed by atoms with Crippen LogP contribution in [-0.4, -0.2) is 34.2 Å². The van der Waals surface area contributed by atoms with Crippen LogP contribution in [0.2, 0.25) is 0 Å². The molecule has 2 heterocycles. The molecule has 2 aromatic carbocycles. The Balaban J connectivity index is 1.48. The van der Waals surface area contributed by atoms with Crippen LogP contribution in [0.15, 0.2) is 54.9 Å². The zero-order chi connectivity index (χ0) is 21.8. The molecule has 0 aliphatic rings. The van der Waals surface area contributed by atoms with Crippen molar-refractivity contribution in [2.75, 3.05) is 18.5 Å². The first kappa shape index (κ1) is 20.8. The summed E-state index contributed by atoms with van der Waals surface area (Å²) in [4.78, 5) is 21.0. The second-order valence-electron chi connectivity index (χ2n) is 7.08. The van der Waals surface area contributed by atoms with E-state index >= 15 is 0 Å². The molecule has 7 heteroatoms. The summed E-state index contributed by atoms with van der Waals surface area (Å²) >= 11 is 1.15. The number of rotatable bonds is 8. The number of carboxylic acids is 1. The van der Waals surface area contributed by atoms with Gasteiger partial charge in [0.15, 0.2) is 4.88 Å². The fourth-order valence-electron chi connectivity index (χ4n) is 3.57. The van der Waals surface area contributed by atoms with Crippen molar-refractivity contribution in [2.45, 2.75) is 20.3 Å². The minimum atomic E-state index is -1.00. The van der Waals surface area contributed by atoms with Gasteiger partial charge in [-0.25, -0.2) is 14.8 Å². The van der Waals surface area contributed by atoms with Gasteiger partial charge < -0.3 is 15.2 Å². The van der Waals surface area contributed by atoms with Crippen LogP contribution in [-0.2, 0) is 6.42 Å². The van der Waals surface area contributed by atoms with Crippen LogP contribution in [0.5, 0.6) is 5.75 Å². The van der Waals surface area contributed by atoms with Crippen LogP contribution < -0.4 is 10.1 Å². The Hall–Kier alpha value is -3.45. The number of carbonyl (C=O) groups is 1. The number of aromatic nitrogens is 2. The first-order chi connectivity index (χ1) is 15.1. The van der Waals surface area contributed by atoms with Crippen molar-refractivity contribution < 1.29 is 14.6 Å². The summed E-state index contributed by atoms with van der Waals surface area (Å²) < 4.78 is 5.46. The Kier molecular flexibility index (Phi) is 6.13. The average molecular weight is 434 g/mol. The van der Waals surface area contributed by atoms with Gasteiger partial charge in [0.1, 0.15) is 17.9 Å². The van der Waals surface area contributed by atoms with Gasteiger partial charge in [-0.05, 0) is 42.2 Å². The zero-order valence-electron chi connectivity index (χ0n) is 17.4. The van der Waals surface area contributed by atoms with Crippen molar-refractivity contribution >= 4 is 33.9 Å². The third-order valence-corrected chi connectivity index (χ3v) is 6.25. The second-order valence-corrected chi connectivity index (χ2v) is 8.13. The first-order valence-electron chi connectivity index (χ1n) is 10.1. The van der Waals surface area contributed by atoms with E-state index in [0.717, 1.165) is 29.2 Å². The molecular formula is C24H23N3O3S. The summed E-state index contributed by atoms with van der Waals surface area (Å²) in [6, 6.07) is 16.3. The number of nitrogens with one attached hydrogen (secondary N) is 1. The fraction of sp³-hybridized carbons (Fsp3) is 0.208. The van der Waals surface area contributed by atoms with E-state index in [0.29, 0.717) is 23.9 Å². The predicted molar refractivity (Wildman–Crippen MR) is 124 cm³/mol. The molecule has 0 amide bonds. The largest absolute Gasteiger partial charge is 0.492 e. The molecule has 0 unspecified atom stereocenters. The van der Waals surface area contributed by atoms with Crippen molar-refractivity contribution in [1.29, 1.82) is 0 Å². The number of nitrogens with zero attached hydrogens (tertiary/aromatic N) is 2. The van der Waals surface area contributed by atoms with Crippen molar-refractivity contribution in [1.82, 2.24) is 9.97 Å². The molecule has 0 radical (unpaired) electrons. The van der Waals surface area contributed by atoms with Crippen molar-refractivity contribution in [3.8, 4) is 16.3 Å². The molecule has 0 spiro atoms. The topological polar surface area (TPSA) is 84.3 Å². The third kappa shape index (κ3) is 4.51. The molecule has 31 heavy (non-hydrogen) atoms. The zero-order valence-corrected chi connectivity index (χ0v) is 18.2. The quantitative estimate of drug-likeness (QED) is 0.386. The highest BCUT2D eigenvalue weighted by Gasteiger charge is 2.18. The molecule has 0 fully saturated rings. The van der Waals surface area contributed by atoms with E-state index in [1.165, 1.54) is 28.2 Å². The highest BCUT2D eigenvalue weighted by atomic mass is 32.1. The second kappa shape index (κ2) is 9.14. The molecule has 0 atom stereocenters. The molecule has 4 rings (SSSR count). The lowest BCUT2D eigenvalue weighted by atomic mass is 9.98. The number of carboxylic acid groups (broad SMARTS) is 1. The molecule has 0 bridgehead atoms. The van der Waals surface area contributed by atoms with Gasteiger partial charge in [0.05, 0.1) is 17.2 Å². The average Bonchev–Trinajstić information content (AvgIpc) is 3.20. The number of hydrogen-bond donors (Lipinski definition) is 2. The minimum Gasteiger partial charge on any atom is -0.492 e. The number of aromatic carboxylic acids is 1. The number of ether oxygens (including phenoxy) is 1. The van der Waals surface area contributed by atoms with Gasteiger partial charge in [-0.3, -0.25) is 0 Å². The molecule has 4 aromatic rings. The van der Waals surface area contributed by atoms with Gasteiger partial charge in [-0.2, -0.15) is 0 Å². The van der Waals surface area contributed by atoms with E-state index in [-0.39, 0.29) is 4.88 Å². The number of thiophene rings is 1. The van der Waals surface area contributed by atoms with Gasteiger partial charge >= 0.3 is 5.97 Å². The Morgan fingerprint density at radius 1 is 1.16 bits per heavy atom. The van der Waals surface area contributed by atoms with Gasteiger partial charge in [0.25, 0.3) is 0 Å². The summed E-state index contributed by atoms with van der Waals surface area (Å²) in [5, 5.41) is 15.3. The summed E-state index contributed by atoms with van der Waals surface area (Å²) in [6.45, 7) is 5.12. The van der Waals surface area contributed by atoms with E-state index in [1.54, 1.807) is 6.07 Å². The minimum absolute atomic E-state index is 0.178. The SMILES string of the molecule is CCOc1cc(-c2cc(NCCc3ccc4ccccc4c3C)ncn2)sc1C(=O)O. The van der Waals surface area contributed by atoms with Gasteiger partial charge in [-0.1, -0.05) is 36.4 Å². The van der Waals surface area contributed by atoms with Crippen LogP contribution in [0.25, 0.3) is 21.3 Å². The van der Waals surface area contributed by atoms with Crippen LogP contribution in [0, 0.1) is 6.92 Å². The molecule has 2 aromatic heterocycles. The molecule has 158 valence electrons. The lowest BCUT2D eigenvalue weighted by Gasteiger charge is -2.11. The number of aryl methyl sites for hydroxylation is 1. The summed E-state index contributed by atoms with van der Waals surface area (Å²) in [7, 11) is 0. The summed E-state index contributed by atoms with van der Waals surface area (Å²) in [6.07, 6.45) is 2.35.